The number of Topliss-reactive ketones (excluding diaryl/α,β-unsaturated/α-hetero) is 1. The van der Waals surface area contributed by atoms with Crippen molar-refractivity contribution in [2.24, 2.45) is 23.0 Å². The molecule has 0 amide bonds. The summed E-state index contributed by atoms with van der Waals surface area (Å²) in [5.41, 5.74) is 5.65. The van der Waals surface area contributed by atoms with Crippen LogP contribution in [0.1, 0.15) is 65.7 Å². The highest BCUT2D eigenvalue weighted by Crippen LogP contribution is 2.38. The third-order valence-corrected chi connectivity index (χ3v) is 5.00. The molecule has 0 aromatic rings. The number of ketones is 1. The van der Waals surface area contributed by atoms with Crippen LogP contribution in [-0.4, -0.2) is 12.3 Å². The fourth-order valence-electron chi connectivity index (χ4n) is 3.32. The zero-order chi connectivity index (χ0) is 12.9. The van der Waals surface area contributed by atoms with Crippen LogP contribution in [0.2, 0.25) is 0 Å². The van der Waals surface area contributed by atoms with Crippen molar-refractivity contribution in [1.82, 2.24) is 0 Å². The van der Waals surface area contributed by atoms with Gasteiger partial charge in [0.05, 0.1) is 0 Å². The maximum atomic E-state index is 12.7. The maximum absolute atomic E-state index is 12.7. The Labute approximate surface area is 106 Å². The Hall–Kier alpha value is -0.370. The molecule has 100 valence electrons. The molecule has 2 heteroatoms. The van der Waals surface area contributed by atoms with Gasteiger partial charge >= 0.3 is 0 Å². The van der Waals surface area contributed by atoms with E-state index in [9.17, 15) is 4.79 Å². The molecule has 17 heavy (non-hydrogen) atoms. The molecule has 0 heterocycles. The monoisotopic (exact) mass is 239 g/mol. The van der Waals surface area contributed by atoms with Crippen molar-refractivity contribution in [3.63, 3.8) is 0 Å². The summed E-state index contributed by atoms with van der Waals surface area (Å²) in [4.78, 5) is 12.7. The molecule has 2 unspecified atom stereocenters. The zero-order valence-corrected chi connectivity index (χ0v) is 11.8. The van der Waals surface area contributed by atoms with Crippen LogP contribution in [0, 0.1) is 17.3 Å². The first-order valence-electron chi connectivity index (χ1n) is 7.37. The van der Waals surface area contributed by atoms with Crippen molar-refractivity contribution in [3.8, 4) is 0 Å². The Bertz CT molecular complexity index is 237. The summed E-state index contributed by atoms with van der Waals surface area (Å²) in [6.45, 7) is 6.97. The molecule has 0 aromatic heterocycles. The second kappa shape index (κ2) is 6.53. The highest BCUT2D eigenvalue weighted by Gasteiger charge is 2.39. The average Bonchev–Trinajstić information content (AvgIpc) is 2.41. The highest BCUT2D eigenvalue weighted by molar-refractivity contribution is 5.87. The van der Waals surface area contributed by atoms with Crippen LogP contribution in [-0.2, 0) is 4.79 Å². The summed E-state index contributed by atoms with van der Waals surface area (Å²) in [5.74, 6) is 1.52. The minimum Gasteiger partial charge on any atom is -0.329 e. The van der Waals surface area contributed by atoms with Crippen molar-refractivity contribution in [2.75, 3.05) is 6.54 Å². The molecule has 1 fully saturated rings. The molecule has 1 saturated carbocycles. The maximum Gasteiger partial charge on any atom is 0.143 e. The standard InChI is InChI=1S/C15H29NO/c1-4-12-8-7-9-13(10-12)14(17)15(5-2,6-3)11-16/h12-13H,4-11,16H2,1-3H3. The SMILES string of the molecule is CCC1CCCC(C(=O)C(CC)(CC)CN)C1. The van der Waals surface area contributed by atoms with Gasteiger partial charge in [-0.3, -0.25) is 4.79 Å². The van der Waals surface area contributed by atoms with E-state index in [2.05, 4.69) is 20.8 Å². The van der Waals surface area contributed by atoms with Gasteiger partial charge in [-0.25, -0.2) is 0 Å². The van der Waals surface area contributed by atoms with E-state index in [4.69, 9.17) is 5.73 Å². The fourth-order valence-corrected chi connectivity index (χ4v) is 3.32. The summed E-state index contributed by atoms with van der Waals surface area (Å²) < 4.78 is 0. The van der Waals surface area contributed by atoms with E-state index >= 15 is 0 Å². The lowest BCUT2D eigenvalue weighted by molar-refractivity contribution is -0.134. The van der Waals surface area contributed by atoms with Gasteiger partial charge in [-0.2, -0.15) is 0 Å². The molecule has 0 spiro atoms. The highest BCUT2D eigenvalue weighted by atomic mass is 16.1. The molecule has 0 radical (unpaired) electrons. The normalized spacial score (nSPS) is 25.9. The van der Waals surface area contributed by atoms with Gasteiger partial charge < -0.3 is 5.73 Å². The molecule has 0 saturated heterocycles. The van der Waals surface area contributed by atoms with Gasteiger partial charge in [-0.1, -0.05) is 40.0 Å². The van der Waals surface area contributed by atoms with Crippen molar-refractivity contribution in [1.29, 1.82) is 0 Å². The van der Waals surface area contributed by atoms with Gasteiger partial charge in [0.2, 0.25) is 0 Å². The first-order valence-corrected chi connectivity index (χ1v) is 7.37. The number of hydrogen-bond donors (Lipinski definition) is 1. The molecule has 1 aliphatic carbocycles. The molecular formula is C15H29NO. The van der Waals surface area contributed by atoms with Crippen LogP contribution in [0.25, 0.3) is 0 Å². The Morgan fingerprint density at radius 1 is 1.24 bits per heavy atom. The predicted octanol–water partition coefficient (Wildman–Crippen LogP) is 3.54. The lowest BCUT2D eigenvalue weighted by Crippen LogP contribution is -2.42. The van der Waals surface area contributed by atoms with Gasteiger partial charge in [0, 0.05) is 17.9 Å². The summed E-state index contributed by atoms with van der Waals surface area (Å²) in [7, 11) is 0. The van der Waals surface area contributed by atoms with Gasteiger partial charge in [-0.05, 0) is 31.6 Å². The molecule has 0 aromatic carbocycles. The molecule has 1 aliphatic rings. The van der Waals surface area contributed by atoms with Crippen LogP contribution < -0.4 is 5.73 Å². The first kappa shape index (κ1) is 14.7. The van der Waals surface area contributed by atoms with E-state index in [1.54, 1.807) is 0 Å². The fraction of sp³-hybridized carbons (Fsp3) is 0.933. The quantitative estimate of drug-likeness (QED) is 0.770. The lowest BCUT2D eigenvalue weighted by atomic mass is 9.68. The minimum atomic E-state index is -0.236. The minimum absolute atomic E-state index is 0.236. The predicted molar refractivity (Wildman–Crippen MR) is 72.8 cm³/mol. The van der Waals surface area contributed by atoms with Crippen LogP contribution in [0.15, 0.2) is 0 Å². The smallest absolute Gasteiger partial charge is 0.143 e. The Kier molecular flexibility index (Phi) is 5.64. The van der Waals surface area contributed by atoms with E-state index in [1.165, 1.54) is 19.3 Å². The molecule has 2 N–H and O–H groups in total. The molecule has 2 atom stereocenters. The number of carbonyl (C=O) groups excluding carboxylic acids is 1. The molecule has 1 rings (SSSR count). The number of rotatable bonds is 6. The van der Waals surface area contributed by atoms with E-state index < -0.39 is 0 Å². The van der Waals surface area contributed by atoms with Crippen LogP contribution in [0.4, 0.5) is 0 Å². The van der Waals surface area contributed by atoms with Gasteiger partial charge in [-0.15, -0.1) is 0 Å². The lowest BCUT2D eigenvalue weighted by Gasteiger charge is -2.36. The average molecular weight is 239 g/mol. The first-order chi connectivity index (χ1) is 8.13. The Morgan fingerprint density at radius 3 is 2.35 bits per heavy atom. The molecule has 2 nitrogen and oxygen atoms in total. The summed E-state index contributed by atoms with van der Waals surface area (Å²) in [5, 5.41) is 0. The largest absolute Gasteiger partial charge is 0.329 e. The number of nitrogens with two attached hydrogens (primary N) is 1. The summed E-state index contributed by atoms with van der Waals surface area (Å²) >= 11 is 0. The van der Waals surface area contributed by atoms with Gasteiger partial charge in [0.25, 0.3) is 0 Å². The van der Waals surface area contributed by atoms with E-state index in [0.717, 1.165) is 31.6 Å². The molecular weight excluding hydrogens is 210 g/mol. The van der Waals surface area contributed by atoms with Gasteiger partial charge in [0.1, 0.15) is 5.78 Å². The van der Waals surface area contributed by atoms with Crippen LogP contribution in [0.5, 0.6) is 0 Å². The van der Waals surface area contributed by atoms with Crippen molar-refractivity contribution < 1.29 is 4.79 Å². The van der Waals surface area contributed by atoms with Crippen molar-refractivity contribution in [3.05, 3.63) is 0 Å². The van der Waals surface area contributed by atoms with Crippen molar-refractivity contribution >= 4 is 5.78 Å². The summed E-state index contributed by atoms with van der Waals surface area (Å²) in [6, 6.07) is 0. The topological polar surface area (TPSA) is 43.1 Å². The molecule has 0 aliphatic heterocycles. The third-order valence-electron chi connectivity index (χ3n) is 5.00. The summed E-state index contributed by atoms with van der Waals surface area (Å²) in [6.07, 6.45) is 7.75. The zero-order valence-electron chi connectivity index (χ0n) is 11.8. The van der Waals surface area contributed by atoms with E-state index in [1.807, 2.05) is 0 Å². The van der Waals surface area contributed by atoms with Crippen LogP contribution in [0.3, 0.4) is 0 Å². The van der Waals surface area contributed by atoms with Gasteiger partial charge in [0.15, 0.2) is 0 Å². The second-order valence-corrected chi connectivity index (χ2v) is 5.69. The third kappa shape index (κ3) is 3.09. The van der Waals surface area contributed by atoms with Crippen LogP contribution >= 0.6 is 0 Å². The number of carbonyl (C=O) groups is 1. The Morgan fingerprint density at radius 2 is 1.88 bits per heavy atom. The van der Waals surface area contributed by atoms with E-state index in [0.29, 0.717) is 12.3 Å². The van der Waals surface area contributed by atoms with E-state index in [-0.39, 0.29) is 11.3 Å². The molecule has 0 bridgehead atoms. The second-order valence-electron chi connectivity index (χ2n) is 5.69. The number of hydrogen-bond acceptors (Lipinski definition) is 2. The Balaban J connectivity index is 2.73. The van der Waals surface area contributed by atoms with Crippen molar-refractivity contribution in [2.45, 2.75) is 65.7 Å².